The number of pyridine rings is 1. The van der Waals surface area contributed by atoms with Gasteiger partial charge in [-0.1, -0.05) is 27.5 Å². The SMILES string of the molecule is Cc1ccc(NC(=O)NCCCOc2ccc(Br)cc2Cl)cn1. The summed E-state index contributed by atoms with van der Waals surface area (Å²) in [5, 5.41) is 6.02. The number of nitrogens with zero attached hydrogens (tertiary/aromatic N) is 1. The molecule has 0 saturated heterocycles. The summed E-state index contributed by atoms with van der Waals surface area (Å²) in [6, 6.07) is 8.82. The van der Waals surface area contributed by atoms with Crippen molar-refractivity contribution in [3.05, 3.63) is 51.7 Å². The molecule has 2 N–H and O–H groups in total. The number of ether oxygens (including phenoxy) is 1. The molecule has 0 saturated carbocycles. The molecule has 2 amide bonds. The van der Waals surface area contributed by atoms with Crippen molar-refractivity contribution in [2.24, 2.45) is 0 Å². The molecule has 2 rings (SSSR count). The monoisotopic (exact) mass is 397 g/mol. The predicted octanol–water partition coefficient (Wildman–Crippen LogP) is 4.40. The zero-order valence-corrected chi connectivity index (χ0v) is 14.9. The molecular weight excluding hydrogens is 382 g/mol. The van der Waals surface area contributed by atoms with E-state index in [0.29, 0.717) is 36.0 Å². The number of rotatable bonds is 6. The minimum Gasteiger partial charge on any atom is -0.492 e. The summed E-state index contributed by atoms with van der Waals surface area (Å²) in [6.07, 6.45) is 2.29. The maximum Gasteiger partial charge on any atom is 0.319 e. The van der Waals surface area contributed by atoms with Crippen molar-refractivity contribution in [3.63, 3.8) is 0 Å². The van der Waals surface area contributed by atoms with Crippen molar-refractivity contribution >= 4 is 39.2 Å². The van der Waals surface area contributed by atoms with E-state index in [4.69, 9.17) is 16.3 Å². The second-order valence-corrected chi connectivity index (χ2v) is 6.17. The van der Waals surface area contributed by atoms with E-state index in [0.717, 1.165) is 10.2 Å². The van der Waals surface area contributed by atoms with E-state index in [-0.39, 0.29) is 6.03 Å². The molecule has 0 aliphatic carbocycles. The Bertz CT molecular complexity index is 665. The fraction of sp³-hybridized carbons (Fsp3) is 0.250. The second-order valence-electron chi connectivity index (χ2n) is 4.85. The van der Waals surface area contributed by atoms with Gasteiger partial charge in [-0.05, 0) is 43.7 Å². The van der Waals surface area contributed by atoms with Crippen molar-refractivity contribution in [1.82, 2.24) is 10.3 Å². The van der Waals surface area contributed by atoms with E-state index in [1.165, 1.54) is 0 Å². The highest BCUT2D eigenvalue weighted by Crippen LogP contribution is 2.27. The summed E-state index contributed by atoms with van der Waals surface area (Å²) in [5.74, 6) is 0.630. The number of nitrogens with one attached hydrogen (secondary N) is 2. The molecule has 0 spiro atoms. The Morgan fingerprint density at radius 1 is 1.35 bits per heavy atom. The lowest BCUT2D eigenvalue weighted by Gasteiger charge is -2.10. The van der Waals surface area contributed by atoms with Crippen LogP contribution in [0.4, 0.5) is 10.5 Å². The number of urea groups is 1. The molecule has 0 fully saturated rings. The molecular formula is C16H17BrClN3O2. The predicted molar refractivity (Wildman–Crippen MR) is 95.3 cm³/mol. The molecule has 2 aromatic rings. The van der Waals surface area contributed by atoms with Gasteiger partial charge < -0.3 is 15.4 Å². The number of aryl methyl sites for hydroxylation is 1. The Morgan fingerprint density at radius 2 is 2.17 bits per heavy atom. The highest BCUT2D eigenvalue weighted by atomic mass is 79.9. The summed E-state index contributed by atoms with van der Waals surface area (Å²) in [5.41, 5.74) is 1.56. The molecule has 0 aliphatic heterocycles. The number of anilines is 1. The minimum atomic E-state index is -0.266. The van der Waals surface area contributed by atoms with Crippen molar-refractivity contribution in [1.29, 1.82) is 0 Å². The van der Waals surface area contributed by atoms with E-state index in [1.807, 2.05) is 19.1 Å². The Kier molecular flexibility index (Phi) is 6.67. The molecule has 0 bridgehead atoms. The molecule has 1 heterocycles. The highest BCUT2D eigenvalue weighted by Gasteiger charge is 2.03. The molecule has 122 valence electrons. The topological polar surface area (TPSA) is 63.2 Å². The Labute approximate surface area is 148 Å². The first-order valence-corrected chi connectivity index (χ1v) is 8.27. The number of hydrogen-bond acceptors (Lipinski definition) is 3. The average molecular weight is 399 g/mol. The van der Waals surface area contributed by atoms with Crippen LogP contribution in [0.1, 0.15) is 12.1 Å². The van der Waals surface area contributed by atoms with Crippen LogP contribution in [0.5, 0.6) is 5.75 Å². The van der Waals surface area contributed by atoms with Gasteiger partial charge in [0.25, 0.3) is 0 Å². The average Bonchev–Trinajstić information content (AvgIpc) is 2.51. The first-order valence-electron chi connectivity index (χ1n) is 7.10. The van der Waals surface area contributed by atoms with Crippen molar-refractivity contribution in [3.8, 4) is 5.75 Å². The number of hydrogen-bond donors (Lipinski definition) is 2. The number of carbonyl (C=O) groups excluding carboxylic acids is 1. The lowest BCUT2D eigenvalue weighted by molar-refractivity contribution is 0.250. The maximum atomic E-state index is 11.7. The number of aromatic nitrogens is 1. The molecule has 23 heavy (non-hydrogen) atoms. The first-order chi connectivity index (χ1) is 11.0. The van der Waals surface area contributed by atoms with Crippen LogP contribution in [-0.4, -0.2) is 24.2 Å². The lowest BCUT2D eigenvalue weighted by atomic mass is 10.3. The standard InChI is InChI=1S/C16H17BrClN3O2/c1-11-3-5-13(10-20-11)21-16(22)19-7-2-8-23-15-6-4-12(17)9-14(15)18/h3-6,9-10H,2,7-8H2,1H3,(H2,19,21,22). The third kappa shape index (κ3) is 6.08. The van der Waals surface area contributed by atoms with Gasteiger partial charge in [-0.15, -0.1) is 0 Å². The van der Waals surface area contributed by atoms with E-state index in [9.17, 15) is 4.79 Å². The van der Waals surface area contributed by atoms with Gasteiger partial charge in [0.15, 0.2) is 0 Å². The molecule has 1 aromatic carbocycles. The van der Waals surface area contributed by atoms with Crippen LogP contribution in [0.25, 0.3) is 0 Å². The van der Waals surface area contributed by atoms with Crippen LogP contribution in [-0.2, 0) is 0 Å². The van der Waals surface area contributed by atoms with E-state index in [1.54, 1.807) is 24.4 Å². The molecule has 5 nitrogen and oxygen atoms in total. The van der Waals surface area contributed by atoms with Crippen LogP contribution in [0.3, 0.4) is 0 Å². The van der Waals surface area contributed by atoms with Gasteiger partial charge >= 0.3 is 6.03 Å². The van der Waals surface area contributed by atoms with E-state index >= 15 is 0 Å². The summed E-state index contributed by atoms with van der Waals surface area (Å²) < 4.78 is 6.47. The van der Waals surface area contributed by atoms with Crippen LogP contribution in [0.2, 0.25) is 5.02 Å². The van der Waals surface area contributed by atoms with Crippen molar-refractivity contribution < 1.29 is 9.53 Å². The number of amides is 2. The number of benzene rings is 1. The third-order valence-corrected chi connectivity index (χ3v) is 3.72. The van der Waals surface area contributed by atoms with E-state index < -0.39 is 0 Å². The Balaban J connectivity index is 1.65. The minimum absolute atomic E-state index is 0.266. The van der Waals surface area contributed by atoms with Gasteiger partial charge in [0, 0.05) is 16.7 Å². The van der Waals surface area contributed by atoms with Crippen molar-refractivity contribution in [2.75, 3.05) is 18.5 Å². The molecule has 0 unspecified atom stereocenters. The number of carbonyl (C=O) groups is 1. The van der Waals surface area contributed by atoms with Crippen LogP contribution >= 0.6 is 27.5 Å². The van der Waals surface area contributed by atoms with Gasteiger partial charge in [0.05, 0.1) is 23.5 Å². The zero-order valence-electron chi connectivity index (χ0n) is 12.6. The molecule has 0 atom stereocenters. The Hall–Kier alpha value is -1.79. The molecule has 7 heteroatoms. The summed E-state index contributed by atoms with van der Waals surface area (Å²) >= 11 is 9.39. The Morgan fingerprint density at radius 3 is 2.87 bits per heavy atom. The van der Waals surface area contributed by atoms with Gasteiger partial charge in [0.2, 0.25) is 0 Å². The van der Waals surface area contributed by atoms with Crippen LogP contribution in [0.15, 0.2) is 41.0 Å². The zero-order chi connectivity index (χ0) is 16.7. The maximum absolute atomic E-state index is 11.7. The van der Waals surface area contributed by atoms with Gasteiger partial charge in [0.1, 0.15) is 5.75 Å². The first kappa shape index (κ1) is 17.6. The van der Waals surface area contributed by atoms with E-state index in [2.05, 4.69) is 31.5 Å². The highest BCUT2D eigenvalue weighted by molar-refractivity contribution is 9.10. The summed E-state index contributed by atoms with van der Waals surface area (Å²) in [6.45, 7) is 2.86. The van der Waals surface area contributed by atoms with Gasteiger partial charge in [-0.2, -0.15) is 0 Å². The fourth-order valence-electron chi connectivity index (χ4n) is 1.77. The molecule has 0 aliphatic rings. The third-order valence-electron chi connectivity index (χ3n) is 2.93. The molecule has 1 aromatic heterocycles. The largest absolute Gasteiger partial charge is 0.492 e. The lowest BCUT2D eigenvalue weighted by Crippen LogP contribution is -2.30. The van der Waals surface area contributed by atoms with Crippen LogP contribution < -0.4 is 15.4 Å². The quantitative estimate of drug-likeness (QED) is 0.709. The van der Waals surface area contributed by atoms with Crippen LogP contribution in [0, 0.1) is 6.92 Å². The normalized spacial score (nSPS) is 10.2. The molecule has 0 radical (unpaired) electrons. The van der Waals surface area contributed by atoms with Crippen molar-refractivity contribution in [2.45, 2.75) is 13.3 Å². The number of halogens is 2. The summed E-state index contributed by atoms with van der Waals surface area (Å²) in [7, 11) is 0. The fourth-order valence-corrected chi connectivity index (χ4v) is 2.49. The van der Waals surface area contributed by atoms with Gasteiger partial charge in [-0.3, -0.25) is 4.98 Å². The summed E-state index contributed by atoms with van der Waals surface area (Å²) in [4.78, 5) is 15.8. The van der Waals surface area contributed by atoms with Gasteiger partial charge in [-0.25, -0.2) is 4.79 Å². The smallest absolute Gasteiger partial charge is 0.319 e. The second kappa shape index (κ2) is 8.74.